The quantitative estimate of drug-likeness (QED) is 0.156. The molecule has 1 aromatic heterocycles. The summed E-state index contributed by atoms with van der Waals surface area (Å²) in [6.07, 6.45) is 2.91. The number of fused-ring (bicyclic) bond motifs is 1. The van der Waals surface area contributed by atoms with Crippen LogP contribution in [0.2, 0.25) is 0 Å². The zero-order valence-electron chi connectivity index (χ0n) is 24.8. The van der Waals surface area contributed by atoms with Gasteiger partial charge in [0.1, 0.15) is 0 Å². The van der Waals surface area contributed by atoms with Crippen LogP contribution in [0.4, 0.5) is 10.1 Å². The molecule has 2 N–H and O–H groups in total. The number of rotatable bonds is 9. The highest BCUT2D eigenvalue weighted by Crippen LogP contribution is 2.36. The number of nitrogens with one attached hydrogen (secondary N) is 2. The maximum Gasteiger partial charge on any atom is 0.250 e. The first-order valence-electron chi connectivity index (χ1n) is 14.8. The third kappa shape index (κ3) is 7.22. The number of benzene rings is 3. The van der Waals surface area contributed by atoms with Crippen LogP contribution in [-0.4, -0.2) is 33.4 Å². The number of H-pyrrole nitrogens is 1. The summed E-state index contributed by atoms with van der Waals surface area (Å²) in [5, 5.41) is 3.41. The fraction of sp³-hybridized carbons (Fsp3) is 0.400. The third-order valence-electron chi connectivity index (χ3n) is 8.22. The molecule has 4 aromatic rings. The molecule has 216 valence electrons. The Balaban J connectivity index is 1.49. The van der Waals surface area contributed by atoms with Crippen molar-refractivity contribution in [2.24, 2.45) is 0 Å². The summed E-state index contributed by atoms with van der Waals surface area (Å²) < 4.78 is 16.3. The van der Waals surface area contributed by atoms with E-state index in [-0.39, 0.29) is 17.5 Å². The van der Waals surface area contributed by atoms with Crippen LogP contribution < -0.4 is 10.9 Å². The van der Waals surface area contributed by atoms with Gasteiger partial charge in [0.2, 0.25) is 5.56 Å². The van der Waals surface area contributed by atoms with E-state index in [0.717, 1.165) is 48.9 Å². The molecule has 3 aromatic carbocycles. The van der Waals surface area contributed by atoms with Gasteiger partial charge in [0.15, 0.2) is 5.00 Å². The van der Waals surface area contributed by atoms with Gasteiger partial charge < -0.3 is 10.3 Å². The first-order valence-corrected chi connectivity index (χ1v) is 15.6. The summed E-state index contributed by atoms with van der Waals surface area (Å²) in [5.41, 5.74) is 7.84. The topological polar surface area (TPSA) is 48.1 Å². The van der Waals surface area contributed by atoms with Crippen molar-refractivity contribution in [2.75, 3.05) is 18.4 Å². The first-order chi connectivity index (χ1) is 19.6. The van der Waals surface area contributed by atoms with Crippen LogP contribution in [0.1, 0.15) is 86.6 Å². The number of aryl methyl sites for hydroxylation is 1. The lowest BCUT2D eigenvalue weighted by Gasteiger charge is -2.34. The number of halogens is 1. The van der Waals surface area contributed by atoms with Gasteiger partial charge in [0, 0.05) is 42.2 Å². The average molecular weight is 572 g/mol. The Kier molecular flexibility index (Phi) is 8.91. The standard InChI is InChI=1S/C35H42FN3OS/c1-6-24(3)25-11-13-27(14-12-25)34(26-9-7-23(2)8-10-26)28-15-16-31-30(21-28)32(22-33(40)38-31)37-29-17-19-39(20-18-29)41-35(4,5)36/h7-16,21-22,24,29,34H,6,17-20H2,1-5H3,(H2,37,38,40). The Hall–Kier alpha value is -3.09. The molecule has 41 heavy (non-hydrogen) atoms. The average Bonchev–Trinajstić information content (AvgIpc) is 2.94. The Labute approximate surface area is 247 Å². The fourth-order valence-corrected chi connectivity index (χ4v) is 6.79. The molecule has 4 nitrogen and oxygen atoms in total. The van der Waals surface area contributed by atoms with E-state index in [0.29, 0.717) is 5.92 Å². The van der Waals surface area contributed by atoms with Crippen LogP contribution in [0.3, 0.4) is 0 Å². The molecular formula is C35H42FN3OS. The number of aromatic nitrogens is 1. The van der Waals surface area contributed by atoms with Crippen molar-refractivity contribution in [3.05, 3.63) is 111 Å². The molecule has 0 saturated carbocycles. The zero-order valence-corrected chi connectivity index (χ0v) is 25.7. The lowest BCUT2D eigenvalue weighted by atomic mass is 9.83. The van der Waals surface area contributed by atoms with Crippen LogP contribution in [0.5, 0.6) is 0 Å². The van der Waals surface area contributed by atoms with Gasteiger partial charge in [-0.1, -0.05) is 74.0 Å². The highest BCUT2D eigenvalue weighted by molar-refractivity contribution is 7.98. The lowest BCUT2D eigenvalue weighted by Crippen LogP contribution is -2.37. The molecular weight excluding hydrogens is 529 g/mol. The fourth-order valence-electron chi connectivity index (χ4n) is 5.78. The van der Waals surface area contributed by atoms with E-state index >= 15 is 0 Å². The van der Waals surface area contributed by atoms with E-state index in [4.69, 9.17) is 0 Å². The van der Waals surface area contributed by atoms with Crippen molar-refractivity contribution < 1.29 is 4.39 Å². The van der Waals surface area contributed by atoms with Gasteiger partial charge in [-0.2, -0.15) is 0 Å². The van der Waals surface area contributed by atoms with Gasteiger partial charge in [-0.25, -0.2) is 8.70 Å². The maximum atomic E-state index is 14.1. The number of piperidine rings is 1. The minimum absolute atomic E-state index is 0.0649. The van der Waals surface area contributed by atoms with Crippen molar-refractivity contribution in [3.63, 3.8) is 0 Å². The second-order valence-corrected chi connectivity index (χ2v) is 13.6. The normalized spacial score (nSPS) is 16.5. The Morgan fingerprint density at radius 3 is 2.15 bits per heavy atom. The highest BCUT2D eigenvalue weighted by Gasteiger charge is 2.26. The van der Waals surface area contributed by atoms with Gasteiger partial charge in [-0.3, -0.25) is 4.79 Å². The van der Waals surface area contributed by atoms with Gasteiger partial charge in [0.25, 0.3) is 0 Å². The summed E-state index contributed by atoms with van der Waals surface area (Å²) in [4.78, 5) is 15.6. The molecule has 1 fully saturated rings. The second kappa shape index (κ2) is 12.4. The van der Waals surface area contributed by atoms with Crippen molar-refractivity contribution in [1.29, 1.82) is 0 Å². The number of nitrogens with zero attached hydrogens (tertiary/aromatic N) is 1. The summed E-state index contributed by atoms with van der Waals surface area (Å²) in [5.74, 6) is 0.594. The Morgan fingerprint density at radius 1 is 0.951 bits per heavy atom. The smallest absolute Gasteiger partial charge is 0.250 e. The number of hydrogen-bond donors (Lipinski definition) is 2. The van der Waals surface area contributed by atoms with Crippen LogP contribution in [0, 0.1) is 6.92 Å². The number of anilines is 1. The van der Waals surface area contributed by atoms with Crippen molar-refractivity contribution in [3.8, 4) is 0 Å². The van der Waals surface area contributed by atoms with Crippen molar-refractivity contribution in [1.82, 2.24) is 9.29 Å². The summed E-state index contributed by atoms with van der Waals surface area (Å²) in [6.45, 7) is 11.4. The van der Waals surface area contributed by atoms with E-state index in [1.165, 1.54) is 39.8 Å². The Morgan fingerprint density at radius 2 is 1.54 bits per heavy atom. The monoisotopic (exact) mass is 571 g/mol. The molecule has 1 aliphatic heterocycles. The van der Waals surface area contributed by atoms with E-state index in [1.54, 1.807) is 19.9 Å². The molecule has 5 rings (SSSR count). The van der Waals surface area contributed by atoms with E-state index in [2.05, 4.69) is 96.0 Å². The molecule has 0 amide bonds. The molecule has 0 spiro atoms. The van der Waals surface area contributed by atoms with E-state index < -0.39 is 5.00 Å². The molecule has 0 radical (unpaired) electrons. The molecule has 1 saturated heterocycles. The number of pyridine rings is 1. The van der Waals surface area contributed by atoms with Crippen LogP contribution >= 0.6 is 11.9 Å². The van der Waals surface area contributed by atoms with Gasteiger partial charge >= 0.3 is 0 Å². The van der Waals surface area contributed by atoms with Crippen molar-refractivity contribution >= 4 is 28.5 Å². The molecule has 2 unspecified atom stereocenters. The third-order valence-corrected chi connectivity index (χ3v) is 9.28. The van der Waals surface area contributed by atoms with Gasteiger partial charge in [0.05, 0.1) is 5.52 Å². The molecule has 1 aliphatic rings. The molecule has 6 heteroatoms. The number of aromatic amines is 1. The molecule has 2 atom stereocenters. The zero-order chi connectivity index (χ0) is 29.1. The van der Waals surface area contributed by atoms with Gasteiger partial charge in [-0.05, 0) is 92.3 Å². The number of alkyl halides is 1. The molecule has 2 heterocycles. The number of hydrogen-bond acceptors (Lipinski definition) is 4. The SMILES string of the molecule is CCC(C)c1ccc(C(c2ccc(C)cc2)c2ccc3[nH]c(=O)cc(NC4CCN(SC(C)(C)F)CC4)c3c2)cc1. The van der Waals surface area contributed by atoms with Gasteiger partial charge in [-0.15, -0.1) is 0 Å². The first kappa shape index (κ1) is 29.4. The largest absolute Gasteiger partial charge is 0.382 e. The lowest BCUT2D eigenvalue weighted by molar-refractivity contribution is 0.309. The Bertz CT molecular complexity index is 1520. The highest BCUT2D eigenvalue weighted by atomic mass is 32.2. The second-order valence-electron chi connectivity index (χ2n) is 12.0. The van der Waals surface area contributed by atoms with Crippen LogP contribution in [-0.2, 0) is 0 Å². The minimum Gasteiger partial charge on any atom is -0.382 e. The van der Waals surface area contributed by atoms with E-state index in [9.17, 15) is 9.18 Å². The van der Waals surface area contributed by atoms with Crippen molar-refractivity contribution in [2.45, 2.75) is 76.8 Å². The summed E-state index contributed by atoms with van der Waals surface area (Å²) >= 11 is 1.28. The summed E-state index contributed by atoms with van der Waals surface area (Å²) in [7, 11) is 0. The predicted molar refractivity (Wildman–Crippen MR) is 173 cm³/mol. The summed E-state index contributed by atoms with van der Waals surface area (Å²) in [6, 6.07) is 26.2. The van der Waals surface area contributed by atoms with Crippen LogP contribution in [0.15, 0.2) is 77.6 Å². The molecule has 0 aliphatic carbocycles. The van der Waals surface area contributed by atoms with Crippen LogP contribution in [0.25, 0.3) is 10.9 Å². The predicted octanol–water partition coefficient (Wildman–Crippen LogP) is 8.76. The maximum absolute atomic E-state index is 14.1. The molecule has 0 bridgehead atoms. The van der Waals surface area contributed by atoms with E-state index in [1.807, 2.05) is 6.07 Å². The minimum atomic E-state index is -1.28.